The minimum absolute atomic E-state index is 0.347. The van der Waals surface area contributed by atoms with Crippen molar-refractivity contribution >= 4 is 12.6 Å². The predicted molar refractivity (Wildman–Crippen MR) is 59.5 cm³/mol. The van der Waals surface area contributed by atoms with E-state index < -0.39 is 0 Å². The maximum absolute atomic E-state index is 5.78. The molecule has 0 amide bonds. The molecular formula is C11H15BO3. The van der Waals surface area contributed by atoms with Crippen LogP contribution in [0.25, 0.3) is 0 Å². The molecule has 0 radical (unpaired) electrons. The first kappa shape index (κ1) is 10.5. The van der Waals surface area contributed by atoms with E-state index in [4.69, 9.17) is 14.0 Å². The molecule has 0 aliphatic heterocycles. The van der Waals surface area contributed by atoms with Crippen molar-refractivity contribution in [2.24, 2.45) is 0 Å². The lowest BCUT2D eigenvalue weighted by Gasteiger charge is -2.14. The Balaban J connectivity index is 2.18. The summed E-state index contributed by atoms with van der Waals surface area (Å²) in [5.74, 6) is 0.869. The first-order valence-corrected chi connectivity index (χ1v) is 5.16. The number of hydrogen-bond donors (Lipinski definition) is 0. The first-order valence-electron chi connectivity index (χ1n) is 5.16. The van der Waals surface area contributed by atoms with Crippen molar-refractivity contribution in [3.63, 3.8) is 0 Å². The lowest BCUT2D eigenvalue weighted by Crippen LogP contribution is -2.36. The molecule has 4 heteroatoms. The van der Waals surface area contributed by atoms with Crippen LogP contribution in [-0.4, -0.2) is 27.4 Å². The Kier molecular flexibility index (Phi) is 3.28. The summed E-state index contributed by atoms with van der Waals surface area (Å²) in [5, 5.41) is 0. The number of ether oxygens (including phenoxy) is 1. The van der Waals surface area contributed by atoms with Gasteiger partial charge in [0.25, 0.3) is 0 Å². The van der Waals surface area contributed by atoms with Gasteiger partial charge in [-0.1, -0.05) is 18.2 Å². The number of benzene rings is 1. The second-order valence-corrected chi connectivity index (χ2v) is 3.66. The average Bonchev–Trinajstić information content (AvgIpc) is 3.06. The number of para-hydroxylation sites is 1. The summed E-state index contributed by atoms with van der Waals surface area (Å²) in [5.41, 5.74) is 0.953. The Bertz CT molecular complexity index is 321. The summed E-state index contributed by atoms with van der Waals surface area (Å²) in [6.45, 7) is 0. The Labute approximate surface area is 90.5 Å². The monoisotopic (exact) mass is 206 g/mol. The first-order chi connectivity index (χ1) is 7.35. The molecule has 0 atom stereocenters. The Morgan fingerprint density at radius 2 is 1.80 bits per heavy atom. The summed E-state index contributed by atoms with van der Waals surface area (Å²) in [7, 11) is 2.91. The fraction of sp³-hybridized carbons (Fsp3) is 0.455. The Morgan fingerprint density at radius 1 is 1.13 bits per heavy atom. The maximum atomic E-state index is 5.78. The van der Waals surface area contributed by atoms with Crippen LogP contribution < -0.4 is 10.2 Å². The van der Waals surface area contributed by atoms with Gasteiger partial charge in [0.15, 0.2) is 0 Å². The van der Waals surface area contributed by atoms with Crippen molar-refractivity contribution in [1.82, 2.24) is 0 Å². The van der Waals surface area contributed by atoms with Gasteiger partial charge in [-0.05, 0) is 18.9 Å². The fourth-order valence-electron chi connectivity index (χ4n) is 1.50. The second kappa shape index (κ2) is 4.68. The van der Waals surface area contributed by atoms with Gasteiger partial charge in [0.1, 0.15) is 5.75 Å². The van der Waals surface area contributed by atoms with Gasteiger partial charge in [0.2, 0.25) is 0 Å². The van der Waals surface area contributed by atoms with Gasteiger partial charge in [0.05, 0.1) is 6.10 Å². The van der Waals surface area contributed by atoms with Gasteiger partial charge in [-0.2, -0.15) is 0 Å². The highest BCUT2D eigenvalue weighted by Crippen LogP contribution is 2.25. The Hall–Kier alpha value is -0.995. The van der Waals surface area contributed by atoms with Crippen molar-refractivity contribution in [3.05, 3.63) is 24.3 Å². The second-order valence-electron chi connectivity index (χ2n) is 3.66. The van der Waals surface area contributed by atoms with Gasteiger partial charge in [-0.3, -0.25) is 0 Å². The molecule has 0 aromatic heterocycles. The quantitative estimate of drug-likeness (QED) is 0.678. The molecule has 3 nitrogen and oxygen atoms in total. The van der Waals surface area contributed by atoms with Crippen molar-refractivity contribution in [2.45, 2.75) is 18.9 Å². The van der Waals surface area contributed by atoms with Gasteiger partial charge in [-0.25, -0.2) is 0 Å². The molecule has 80 valence electrons. The van der Waals surface area contributed by atoms with E-state index in [9.17, 15) is 0 Å². The predicted octanol–water partition coefficient (Wildman–Crippen LogP) is 1.22. The third-order valence-corrected chi connectivity index (χ3v) is 2.42. The zero-order valence-electron chi connectivity index (χ0n) is 9.10. The van der Waals surface area contributed by atoms with Crippen LogP contribution in [0.4, 0.5) is 0 Å². The van der Waals surface area contributed by atoms with Crippen LogP contribution in [0.5, 0.6) is 5.75 Å². The van der Waals surface area contributed by atoms with E-state index >= 15 is 0 Å². The molecule has 0 bridgehead atoms. The molecule has 1 aromatic carbocycles. The third-order valence-electron chi connectivity index (χ3n) is 2.42. The largest absolute Gasteiger partial charge is 0.497 e. The van der Waals surface area contributed by atoms with Crippen LogP contribution in [0, 0.1) is 0 Å². The molecule has 1 aliphatic rings. The highest BCUT2D eigenvalue weighted by molar-refractivity contribution is 6.62. The number of rotatable bonds is 5. The lowest BCUT2D eigenvalue weighted by molar-refractivity contribution is 0.283. The molecule has 0 heterocycles. The SMILES string of the molecule is COB(OC)c1ccccc1OC1CC1. The van der Waals surface area contributed by atoms with Crippen molar-refractivity contribution in [2.75, 3.05) is 14.2 Å². The van der Waals surface area contributed by atoms with Crippen molar-refractivity contribution in [3.8, 4) is 5.75 Å². The number of hydrogen-bond acceptors (Lipinski definition) is 3. The average molecular weight is 206 g/mol. The molecule has 0 spiro atoms. The molecule has 1 saturated carbocycles. The fourth-order valence-corrected chi connectivity index (χ4v) is 1.50. The lowest BCUT2D eigenvalue weighted by atomic mass is 9.78. The zero-order valence-corrected chi connectivity index (χ0v) is 9.10. The maximum Gasteiger partial charge on any atom is 0.497 e. The van der Waals surface area contributed by atoms with Crippen LogP contribution in [-0.2, 0) is 9.31 Å². The van der Waals surface area contributed by atoms with E-state index in [2.05, 4.69) is 0 Å². The van der Waals surface area contributed by atoms with E-state index in [0.717, 1.165) is 24.1 Å². The molecule has 0 saturated heterocycles. The van der Waals surface area contributed by atoms with E-state index in [-0.39, 0.29) is 7.12 Å². The van der Waals surface area contributed by atoms with E-state index in [1.54, 1.807) is 14.2 Å². The van der Waals surface area contributed by atoms with Crippen LogP contribution in [0.1, 0.15) is 12.8 Å². The van der Waals surface area contributed by atoms with Gasteiger partial charge < -0.3 is 14.0 Å². The smallest absolute Gasteiger partial charge is 0.491 e. The zero-order chi connectivity index (χ0) is 10.7. The van der Waals surface area contributed by atoms with Gasteiger partial charge in [0, 0.05) is 19.7 Å². The highest BCUT2D eigenvalue weighted by Gasteiger charge is 2.28. The minimum atomic E-state index is -0.347. The molecule has 1 aliphatic carbocycles. The standard InChI is InChI=1S/C11H15BO3/c1-13-12(14-2)10-5-3-4-6-11(10)15-9-7-8-9/h3-6,9H,7-8H2,1-2H3. The minimum Gasteiger partial charge on any atom is -0.491 e. The van der Waals surface area contributed by atoms with E-state index in [1.807, 2.05) is 24.3 Å². The summed E-state index contributed by atoms with van der Waals surface area (Å²) in [4.78, 5) is 0. The highest BCUT2D eigenvalue weighted by atomic mass is 16.6. The van der Waals surface area contributed by atoms with E-state index in [1.165, 1.54) is 0 Å². The van der Waals surface area contributed by atoms with E-state index in [0.29, 0.717) is 6.10 Å². The van der Waals surface area contributed by atoms with Crippen molar-refractivity contribution in [1.29, 1.82) is 0 Å². The van der Waals surface area contributed by atoms with Crippen LogP contribution >= 0.6 is 0 Å². The summed E-state index contributed by atoms with van der Waals surface area (Å²) >= 11 is 0. The van der Waals surface area contributed by atoms with Crippen LogP contribution in [0.3, 0.4) is 0 Å². The summed E-state index contributed by atoms with van der Waals surface area (Å²) in [6.07, 6.45) is 2.69. The Morgan fingerprint density at radius 3 is 2.40 bits per heavy atom. The molecule has 1 aromatic rings. The van der Waals surface area contributed by atoms with Gasteiger partial charge in [-0.15, -0.1) is 0 Å². The van der Waals surface area contributed by atoms with Crippen LogP contribution in [0.15, 0.2) is 24.3 Å². The van der Waals surface area contributed by atoms with Crippen molar-refractivity contribution < 1.29 is 14.0 Å². The molecule has 2 rings (SSSR count). The molecule has 0 N–H and O–H groups in total. The molecule has 15 heavy (non-hydrogen) atoms. The van der Waals surface area contributed by atoms with Gasteiger partial charge >= 0.3 is 7.12 Å². The molecular weight excluding hydrogens is 191 g/mol. The molecule has 1 fully saturated rings. The molecule has 0 unspecified atom stereocenters. The topological polar surface area (TPSA) is 27.7 Å². The normalized spacial score (nSPS) is 15.1. The summed E-state index contributed by atoms with van der Waals surface area (Å²) < 4.78 is 16.2. The van der Waals surface area contributed by atoms with Crippen LogP contribution in [0.2, 0.25) is 0 Å². The summed E-state index contributed by atoms with van der Waals surface area (Å²) in [6, 6.07) is 7.85. The third kappa shape index (κ3) is 2.52.